The molecule has 0 radical (unpaired) electrons. The molecule has 1 amide bonds. The number of carbonyl (C=O) groups excluding carboxylic acids is 1. The highest BCUT2D eigenvalue weighted by molar-refractivity contribution is 8.00. The average molecular weight is 496 g/mol. The molecule has 166 valence electrons. The molecule has 4 nitrogen and oxygen atoms in total. The molecule has 0 aliphatic rings. The molecule has 0 unspecified atom stereocenters. The molecule has 33 heavy (non-hydrogen) atoms. The van der Waals surface area contributed by atoms with Crippen molar-refractivity contribution in [2.45, 2.75) is 21.7 Å². The molecule has 1 aromatic heterocycles. The molecular formula is C25H19ClFN3OS2. The monoisotopic (exact) mass is 495 g/mol. The second kappa shape index (κ2) is 10.7. The van der Waals surface area contributed by atoms with Gasteiger partial charge >= 0.3 is 0 Å². The van der Waals surface area contributed by atoms with E-state index in [0.29, 0.717) is 26.2 Å². The SMILES string of the molecule is Cc1ccc(Sc2ncccc2C(=O)Nc2ccc(F)c(SNc3ccc(Cl)cc3)c2)cc1. The number of nitrogens with zero attached hydrogens (tertiary/aromatic N) is 1. The van der Waals surface area contributed by atoms with E-state index in [1.807, 2.05) is 31.2 Å². The van der Waals surface area contributed by atoms with E-state index in [4.69, 9.17) is 11.6 Å². The third-order valence-electron chi connectivity index (χ3n) is 4.56. The van der Waals surface area contributed by atoms with Gasteiger partial charge in [0.1, 0.15) is 10.8 Å². The van der Waals surface area contributed by atoms with E-state index < -0.39 is 5.82 Å². The van der Waals surface area contributed by atoms with Crippen molar-refractivity contribution in [3.63, 3.8) is 0 Å². The zero-order valence-electron chi connectivity index (χ0n) is 17.5. The maximum Gasteiger partial charge on any atom is 0.258 e. The zero-order valence-corrected chi connectivity index (χ0v) is 19.9. The summed E-state index contributed by atoms with van der Waals surface area (Å²) in [6, 6.07) is 23.0. The van der Waals surface area contributed by atoms with Gasteiger partial charge in [0, 0.05) is 27.5 Å². The van der Waals surface area contributed by atoms with Gasteiger partial charge in [-0.25, -0.2) is 9.37 Å². The molecule has 4 rings (SSSR count). The summed E-state index contributed by atoms with van der Waals surface area (Å²) in [7, 11) is 0. The van der Waals surface area contributed by atoms with Crippen LogP contribution in [0.2, 0.25) is 5.02 Å². The lowest BCUT2D eigenvalue weighted by Gasteiger charge is -2.11. The summed E-state index contributed by atoms with van der Waals surface area (Å²) in [5.74, 6) is -0.706. The van der Waals surface area contributed by atoms with E-state index in [1.54, 1.807) is 48.7 Å². The van der Waals surface area contributed by atoms with Gasteiger partial charge < -0.3 is 10.0 Å². The molecule has 4 aromatic rings. The molecular weight excluding hydrogens is 477 g/mol. The van der Waals surface area contributed by atoms with Gasteiger partial charge in [0.15, 0.2) is 0 Å². The van der Waals surface area contributed by atoms with Crippen LogP contribution in [0.3, 0.4) is 0 Å². The van der Waals surface area contributed by atoms with Crippen molar-refractivity contribution >= 4 is 52.6 Å². The minimum absolute atomic E-state index is 0.314. The van der Waals surface area contributed by atoms with Crippen LogP contribution >= 0.6 is 35.3 Å². The van der Waals surface area contributed by atoms with Crippen LogP contribution in [-0.4, -0.2) is 10.9 Å². The number of anilines is 2. The number of rotatable bonds is 7. The van der Waals surface area contributed by atoms with Crippen LogP contribution in [0.4, 0.5) is 15.8 Å². The van der Waals surface area contributed by atoms with E-state index in [1.165, 1.54) is 23.9 Å². The first kappa shape index (κ1) is 23.2. The molecule has 8 heteroatoms. The van der Waals surface area contributed by atoms with Crippen molar-refractivity contribution in [2.24, 2.45) is 0 Å². The smallest absolute Gasteiger partial charge is 0.258 e. The molecule has 1 heterocycles. The fourth-order valence-corrected chi connectivity index (χ4v) is 4.57. The number of halogens is 2. The normalized spacial score (nSPS) is 10.6. The van der Waals surface area contributed by atoms with Crippen molar-refractivity contribution < 1.29 is 9.18 Å². The van der Waals surface area contributed by atoms with E-state index >= 15 is 0 Å². The largest absolute Gasteiger partial charge is 0.326 e. The van der Waals surface area contributed by atoms with Crippen molar-refractivity contribution in [3.8, 4) is 0 Å². The van der Waals surface area contributed by atoms with Gasteiger partial charge in [0.05, 0.1) is 10.5 Å². The van der Waals surface area contributed by atoms with Crippen LogP contribution in [-0.2, 0) is 0 Å². The Kier molecular flexibility index (Phi) is 7.54. The van der Waals surface area contributed by atoms with Crippen LogP contribution in [0.15, 0.2) is 99.9 Å². The Bertz CT molecular complexity index is 1270. The maximum atomic E-state index is 14.3. The number of benzene rings is 3. The number of nitrogens with one attached hydrogen (secondary N) is 2. The number of aromatic nitrogens is 1. The summed E-state index contributed by atoms with van der Waals surface area (Å²) in [6.45, 7) is 2.02. The minimum atomic E-state index is -0.392. The predicted molar refractivity (Wildman–Crippen MR) is 135 cm³/mol. The summed E-state index contributed by atoms with van der Waals surface area (Å²) in [5.41, 5.74) is 2.87. The second-order valence-corrected chi connectivity index (χ2v) is 9.43. The van der Waals surface area contributed by atoms with Crippen LogP contribution < -0.4 is 10.0 Å². The molecule has 2 N–H and O–H groups in total. The second-order valence-electron chi connectivity index (χ2n) is 7.08. The number of carbonyl (C=O) groups is 1. The van der Waals surface area contributed by atoms with E-state index in [0.717, 1.165) is 28.1 Å². The van der Waals surface area contributed by atoms with Crippen LogP contribution in [0.5, 0.6) is 0 Å². The van der Waals surface area contributed by atoms with Gasteiger partial charge in [-0.1, -0.05) is 41.1 Å². The Morgan fingerprint density at radius 3 is 2.45 bits per heavy atom. The highest BCUT2D eigenvalue weighted by atomic mass is 35.5. The summed E-state index contributed by atoms with van der Waals surface area (Å²) in [4.78, 5) is 18.7. The first-order valence-corrected chi connectivity index (χ1v) is 12.0. The Balaban J connectivity index is 1.48. The van der Waals surface area contributed by atoms with E-state index in [9.17, 15) is 9.18 Å². The molecule has 0 aliphatic heterocycles. The van der Waals surface area contributed by atoms with Crippen molar-refractivity contribution in [3.05, 3.63) is 107 Å². The van der Waals surface area contributed by atoms with Gasteiger partial charge in [-0.05, 0) is 85.6 Å². The summed E-state index contributed by atoms with van der Waals surface area (Å²) < 4.78 is 17.4. The summed E-state index contributed by atoms with van der Waals surface area (Å²) in [5, 5.41) is 4.07. The lowest BCUT2D eigenvalue weighted by molar-refractivity contribution is 0.102. The molecule has 0 atom stereocenters. The van der Waals surface area contributed by atoms with Gasteiger partial charge in [0.2, 0.25) is 0 Å². The Labute approximate surface area is 205 Å². The predicted octanol–water partition coefficient (Wildman–Crippen LogP) is 7.71. The molecule has 0 spiro atoms. The van der Waals surface area contributed by atoms with Crippen LogP contribution in [0.1, 0.15) is 15.9 Å². The maximum absolute atomic E-state index is 14.3. The third kappa shape index (κ3) is 6.28. The lowest BCUT2D eigenvalue weighted by Crippen LogP contribution is -2.13. The molecule has 3 aromatic carbocycles. The van der Waals surface area contributed by atoms with E-state index in [-0.39, 0.29) is 5.91 Å². The van der Waals surface area contributed by atoms with Crippen LogP contribution in [0.25, 0.3) is 0 Å². The quantitative estimate of drug-likeness (QED) is 0.257. The number of pyridine rings is 1. The first-order valence-electron chi connectivity index (χ1n) is 9.97. The van der Waals surface area contributed by atoms with Crippen molar-refractivity contribution in [1.29, 1.82) is 0 Å². The Morgan fingerprint density at radius 2 is 1.70 bits per heavy atom. The number of amides is 1. The molecule has 0 fully saturated rings. The standard InChI is InChI=1S/C25H19ClFN3OS2/c1-16-4-11-20(12-5-16)32-25-21(3-2-14-28-25)24(31)29-19-10-13-22(27)23(15-19)33-30-18-8-6-17(26)7-9-18/h2-15,30H,1H3,(H,29,31). The van der Waals surface area contributed by atoms with E-state index in [2.05, 4.69) is 15.0 Å². The first-order chi connectivity index (χ1) is 16.0. The highest BCUT2D eigenvalue weighted by Crippen LogP contribution is 2.30. The number of hydrogen-bond acceptors (Lipinski definition) is 5. The van der Waals surface area contributed by atoms with Gasteiger partial charge in [-0.2, -0.15) is 0 Å². The van der Waals surface area contributed by atoms with Gasteiger partial charge in [-0.15, -0.1) is 0 Å². The molecule has 0 saturated carbocycles. The fourth-order valence-electron chi connectivity index (χ4n) is 2.85. The lowest BCUT2D eigenvalue weighted by atomic mass is 10.2. The summed E-state index contributed by atoms with van der Waals surface area (Å²) in [6.07, 6.45) is 1.66. The molecule has 0 saturated heterocycles. The Hall–Kier alpha value is -3.00. The highest BCUT2D eigenvalue weighted by Gasteiger charge is 2.15. The van der Waals surface area contributed by atoms with Crippen LogP contribution in [0, 0.1) is 12.7 Å². The fraction of sp³-hybridized carbons (Fsp3) is 0.0400. The topological polar surface area (TPSA) is 54.0 Å². The zero-order chi connectivity index (χ0) is 23.2. The number of aryl methyl sites for hydroxylation is 1. The summed E-state index contributed by atoms with van der Waals surface area (Å²) >= 11 is 8.43. The van der Waals surface area contributed by atoms with Gasteiger partial charge in [0.25, 0.3) is 5.91 Å². The number of hydrogen-bond donors (Lipinski definition) is 2. The Morgan fingerprint density at radius 1 is 0.970 bits per heavy atom. The van der Waals surface area contributed by atoms with Crippen molar-refractivity contribution in [2.75, 3.05) is 10.0 Å². The van der Waals surface area contributed by atoms with Gasteiger partial charge in [-0.3, -0.25) is 4.79 Å². The molecule has 0 bridgehead atoms. The third-order valence-corrected chi connectivity index (χ3v) is 6.71. The van der Waals surface area contributed by atoms with Crippen molar-refractivity contribution in [1.82, 2.24) is 4.98 Å². The average Bonchev–Trinajstić information content (AvgIpc) is 2.82. The minimum Gasteiger partial charge on any atom is -0.326 e. The molecule has 0 aliphatic carbocycles.